The van der Waals surface area contributed by atoms with Crippen LogP contribution in [0, 0.1) is 11.7 Å². The van der Waals surface area contributed by atoms with Crippen molar-refractivity contribution >= 4 is 23.2 Å². The summed E-state index contributed by atoms with van der Waals surface area (Å²) in [5, 5.41) is 5.60. The van der Waals surface area contributed by atoms with Crippen molar-refractivity contribution in [3.05, 3.63) is 95.3 Å². The van der Waals surface area contributed by atoms with Crippen LogP contribution in [0.3, 0.4) is 0 Å². The van der Waals surface area contributed by atoms with Crippen molar-refractivity contribution in [2.45, 2.75) is 33.1 Å². The quantitative estimate of drug-likeness (QED) is 0.493. The molecule has 0 spiro atoms. The summed E-state index contributed by atoms with van der Waals surface area (Å²) in [4.78, 5) is 25.6. The van der Waals surface area contributed by atoms with Gasteiger partial charge in [0.25, 0.3) is 5.91 Å². The average molecular weight is 419 g/mol. The van der Waals surface area contributed by atoms with Gasteiger partial charge in [-0.3, -0.25) is 9.59 Å². The van der Waals surface area contributed by atoms with E-state index in [0.717, 1.165) is 12.0 Å². The average Bonchev–Trinajstić information content (AvgIpc) is 2.75. The molecule has 4 nitrogen and oxygen atoms in total. The van der Waals surface area contributed by atoms with Crippen molar-refractivity contribution in [3.8, 4) is 0 Å². The molecule has 0 fully saturated rings. The Morgan fingerprint density at radius 1 is 0.839 bits per heavy atom. The molecule has 0 aliphatic heterocycles. The number of anilines is 2. The van der Waals surface area contributed by atoms with Gasteiger partial charge < -0.3 is 10.6 Å². The molecule has 5 heteroatoms. The van der Waals surface area contributed by atoms with Crippen molar-refractivity contribution in [2.24, 2.45) is 5.92 Å². The molecular weight excluding hydrogens is 391 g/mol. The Bertz CT molecular complexity index is 1040. The van der Waals surface area contributed by atoms with Gasteiger partial charge in [0.05, 0.1) is 17.2 Å². The second-order valence-electron chi connectivity index (χ2n) is 8.06. The molecule has 3 aromatic rings. The first-order chi connectivity index (χ1) is 14.8. The zero-order chi connectivity index (χ0) is 22.4. The van der Waals surface area contributed by atoms with E-state index in [0.29, 0.717) is 22.9 Å². The second-order valence-corrected chi connectivity index (χ2v) is 8.06. The molecule has 31 heavy (non-hydrogen) atoms. The van der Waals surface area contributed by atoms with Gasteiger partial charge in [-0.2, -0.15) is 0 Å². The third-order valence-corrected chi connectivity index (χ3v) is 5.05. The summed E-state index contributed by atoms with van der Waals surface area (Å²) in [6.07, 6.45) is 0.997. The predicted molar refractivity (Wildman–Crippen MR) is 123 cm³/mol. The molecule has 0 aliphatic rings. The summed E-state index contributed by atoms with van der Waals surface area (Å²) in [7, 11) is 0. The molecule has 1 atom stereocenters. The first-order valence-electron chi connectivity index (χ1n) is 10.4. The number of hydrogen-bond acceptors (Lipinski definition) is 2. The molecular formula is C26H27FN2O2. The van der Waals surface area contributed by atoms with Gasteiger partial charge in [-0.1, -0.05) is 50.2 Å². The fourth-order valence-corrected chi connectivity index (χ4v) is 3.33. The Morgan fingerprint density at radius 2 is 1.48 bits per heavy atom. The topological polar surface area (TPSA) is 58.2 Å². The van der Waals surface area contributed by atoms with Crippen molar-refractivity contribution in [2.75, 3.05) is 10.6 Å². The molecule has 1 unspecified atom stereocenters. The summed E-state index contributed by atoms with van der Waals surface area (Å²) in [6.45, 7) is 6.19. The third kappa shape index (κ3) is 6.01. The third-order valence-electron chi connectivity index (χ3n) is 5.05. The number of hydrogen-bond donors (Lipinski definition) is 2. The zero-order valence-electron chi connectivity index (χ0n) is 18.0. The fraction of sp³-hybridized carbons (Fsp3) is 0.231. The SMILES string of the molecule is CC(C)Cc1ccc(C(C)C(=O)Nc2ccccc2C(=O)Nc2ccc(F)cc2)cc1. The summed E-state index contributed by atoms with van der Waals surface area (Å²) in [5.74, 6) is -0.755. The molecule has 2 amide bonds. The highest BCUT2D eigenvalue weighted by atomic mass is 19.1. The lowest BCUT2D eigenvalue weighted by Gasteiger charge is -2.16. The van der Waals surface area contributed by atoms with Crippen LogP contribution >= 0.6 is 0 Å². The smallest absolute Gasteiger partial charge is 0.257 e. The van der Waals surface area contributed by atoms with Crippen LogP contribution in [-0.2, 0) is 11.2 Å². The van der Waals surface area contributed by atoms with Crippen molar-refractivity contribution in [1.29, 1.82) is 0 Å². The molecule has 3 rings (SSSR count). The number of benzene rings is 3. The van der Waals surface area contributed by atoms with Gasteiger partial charge in [-0.05, 0) is 66.8 Å². The molecule has 0 radical (unpaired) electrons. The lowest BCUT2D eigenvalue weighted by Crippen LogP contribution is -2.22. The number of amides is 2. The van der Waals surface area contributed by atoms with E-state index in [-0.39, 0.29) is 23.5 Å². The summed E-state index contributed by atoms with van der Waals surface area (Å²) in [6, 6.07) is 20.4. The van der Waals surface area contributed by atoms with Crippen molar-refractivity contribution in [1.82, 2.24) is 0 Å². The first kappa shape index (κ1) is 22.2. The molecule has 3 aromatic carbocycles. The Morgan fingerprint density at radius 3 is 2.13 bits per heavy atom. The van der Waals surface area contributed by atoms with Crippen LogP contribution in [0.5, 0.6) is 0 Å². The van der Waals surface area contributed by atoms with E-state index < -0.39 is 0 Å². The van der Waals surface area contributed by atoms with Crippen LogP contribution in [0.25, 0.3) is 0 Å². The zero-order valence-corrected chi connectivity index (χ0v) is 18.0. The Kier molecular flexibility index (Phi) is 7.19. The largest absolute Gasteiger partial charge is 0.325 e. The minimum Gasteiger partial charge on any atom is -0.325 e. The van der Waals surface area contributed by atoms with E-state index in [1.807, 2.05) is 19.1 Å². The lowest BCUT2D eigenvalue weighted by atomic mass is 9.96. The van der Waals surface area contributed by atoms with Crippen LogP contribution in [0.2, 0.25) is 0 Å². The maximum atomic E-state index is 13.1. The highest BCUT2D eigenvalue weighted by molar-refractivity contribution is 6.10. The van der Waals surface area contributed by atoms with Gasteiger partial charge in [0.1, 0.15) is 5.82 Å². The fourth-order valence-electron chi connectivity index (χ4n) is 3.33. The maximum absolute atomic E-state index is 13.1. The highest BCUT2D eigenvalue weighted by Gasteiger charge is 2.19. The molecule has 0 bridgehead atoms. The summed E-state index contributed by atoms with van der Waals surface area (Å²) < 4.78 is 13.1. The molecule has 0 saturated carbocycles. The molecule has 0 saturated heterocycles. The minimum absolute atomic E-state index is 0.196. The van der Waals surface area contributed by atoms with E-state index in [9.17, 15) is 14.0 Å². The number of nitrogens with one attached hydrogen (secondary N) is 2. The predicted octanol–water partition coefficient (Wildman–Crippen LogP) is 6.02. The van der Waals surface area contributed by atoms with Gasteiger partial charge in [0.15, 0.2) is 0 Å². The molecule has 0 heterocycles. The number of carbonyl (C=O) groups is 2. The number of carbonyl (C=O) groups excluding carboxylic acids is 2. The van der Waals surface area contributed by atoms with Gasteiger partial charge in [-0.15, -0.1) is 0 Å². The van der Waals surface area contributed by atoms with Crippen LogP contribution in [-0.4, -0.2) is 11.8 Å². The summed E-state index contributed by atoms with van der Waals surface area (Å²) in [5.41, 5.74) is 3.39. The minimum atomic E-state index is -0.381. The van der Waals surface area contributed by atoms with Crippen LogP contribution in [0.4, 0.5) is 15.8 Å². The van der Waals surface area contributed by atoms with Crippen LogP contribution < -0.4 is 10.6 Å². The van der Waals surface area contributed by atoms with E-state index in [4.69, 9.17) is 0 Å². The molecule has 0 aromatic heterocycles. The van der Waals surface area contributed by atoms with Gasteiger partial charge in [0, 0.05) is 5.69 Å². The highest BCUT2D eigenvalue weighted by Crippen LogP contribution is 2.22. The standard InChI is InChI=1S/C26H27FN2O2/c1-17(2)16-19-8-10-20(11-9-19)18(3)25(30)29-24-7-5-4-6-23(24)26(31)28-22-14-12-21(27)13-15-22/h4-15,17-18H,16H2,1-3H3,(H,28,31)(H,29,30). The van der Waals surface area contributed by atoms with Crippen LogP contribution in [0.1, 0.15) is 48.2 Å². The monoisotopic (exact) mass is 418 g/mol. The van der Waals surface area contributed by atoms with Crippen LogP contribution in [0.15, 0.2) is 72.8 Å². The lowest BCUT2D eigenvalue weighted by molar-refractivity contribution is -0.117. The number of para-hydroxylation sites is 1. The Labute approximate surface area is 182 Å². The Hall–Kier alpha value is -3.47. The Balaban J connectivity index is 1.71. The van der Waals surface area contributed by atoms with Gasteiger partial charge in [0.2, 0.25) is 5.91 Å². The van der Waals surface area contributed by atoms with E-state index in [1.54, 1.807) is 24.3 Å². The normalized spacial score (nSPS) is 11.8. The second kappa shape index (κ2) is 10.0. The van der Waals surface area contributed by atoms with Gasteiger partial charge >= 0.3 is 0 Å². The molecule has 2 N–H and O–H groups in total. The molecule has 0 aliphatic carbocycles. The maximum Gasteiger partial charge on any atom is 0.257 e. The van der Waals surface area contributed by atoms with Crippen molar-refractivity contribution in [3.63, 3.8) is 0 Å². The summed E-state index contributed by atoms with van der Waals surface area (Å²) >= 11 is 0. The number of halogens is 1. The molecule has 160 valence electrons. The van der Waals surface area contributed by atoms with E-state index in [1.165, 1.54) is 29.8 Å². The van der Waals surface area contributed by atoms with E-state index in [2.05, 4.69) is 36.6 Å². The van der Waals surface area contributed by atoms with Gasteiger partial charge in [-0.25, -0.2) is 4.39 Å². The first-order valence-corrected chi connectivity index (χ1v) is 10.4. The van der Waals surface area contributed by atoms with Crippen molar-refractivity contribution < 1.29 is 14.0 Å². The number of rotatable bonds is 7. The van der Waals surface area contributed by atoms with E-state index >= 15 is 0 Å².